The van der Waals surface area contributed by atoms with Gasteiger partial charge in [0.05, 0.1) is 12.9 Å². The summed E-state index contributed by atoms with van der Waals surface area (Å²) in [5.74, 6) is -0.219. The first-order valence-corrected chi connectivity index (χ1v) is 8.72. The Balaban J connectivity index is 2.09. The van der Waals surface area contributed by atoms with Crippen molar-refractivity contribution in [3.8, 4) is 0 Å². The van der Waals surface area contributed by atoms with Crippen LogP contribution < -0.4 is 0 Å². The fourth-order valence-corrected chi connectivity index (χ4v) is 2.99. The second-order valence-electron chi connectivity index (χ2n) is 4.36. The molecule has 0 radical (unpaired) electrons. The summed E-state index contributed by atoms with van der Waals surface area (Å²) in [5.41, 5.74) is 2.12. The van der Waals surface area contributed by atoms with E-state index in [9.17, 15) is 4.39 Å². The maximum Gasteiger partial charge on any atom is 0.190 e. The lowest BCUT2D eigenvalue weighted by molar-refractivity contribution is 0.601. The van der Waals surface area contributed by atoms with Gasteiger partial charge in [-0.15, -0.1) is 11.8 Å². The maximum absolute atomic E-state index is 13.8. The van der Waals surface area contributed by atoms with E-state index < -0.39 is 0 Å². The van der Waals surface area contributed by atoms with Crippen LogP contribution >= 0.6 is 23.5 Å². The Bertz CT molecular complexity index is 788. The summed E-state index contributed by atoms with van der Waals surface area (Å²) in [4.78, 5) is 13.3. The molecular weight excluding hydrogens is 307 g/mol. The highest BCUT2D eigenvalue weighted by Crippen LogP contribution is 2.25. The van der Waals surface area contributed by atoms with Crippen LogP contribution in [0.2, 0.25) is 0 Å². The molecule has 2 heterocycles. The highest BCUT2D eigenvalue weighted by atomic mass is 32.2. The summed E-state index contributed by atoms with van der Waals surface area (Å²) < 4.78 is 15.7. The summed E-state index contributed by atoms with van der Waals surface area (Å²) in [7, 11) is 0. The fraction of sp³-hybridized carbons (Fsp3) is 0.214. The van der Waals surface area contributed by atoms with Crippen molar-refractivity contribution in [1.29, 1.82) is 0 Å². The standard InChI is InChI=1S/C14H13FN4S2/c1-20-13-11-12(17-14(18-13)21-2)19(8-16-11)7-9-5-3-4-6-10(9)15/h3-6,8H,7H2,1-2H3. The van der Waals surface area contributed by atoms with E-state index in [0.717, 1.165) is 16.2 Å². The van der Waals surface area contributed by atoms with Crippen LogP contribution in [0.5, 0.6) is 0 Å². The molecule has 3 rings (SSSR count). The lowest BCUT2D eigenvalue weighted by Crippen LogP contribution is -2.02. The molecule has 0 atom stereocenters. The number of hydrogen-bond acceptors (Lipinski definition) is 5. The molecule has 3 aromatic rings. The van der Waals surface area contributed by atoms with Gasteiger partial charge in [0.1, 0.15) is 16.4 Å². The zero-order valence-electron chi connectivity index (χ0n) is 11.6. The highest BCUT2D eigenvalue weighted by Gasteiger charge is 2.13. The van der Waals surface area contributed by atoms with Gasteiger partial charge >= 0.3 is 0 Å². The highest BCUT2D eigenvalue weighted by molar-refractivity contribution is 7.99. The van der Waals surface area contributed by atoms with Crippen molar-refractivity contribution in [3.05, 3.63) is 42.0 Å². The summed E-state index contributed by atoms with van der Waals surface area (Å²) >= 11 is 3.02. The Morgan fingerprint density at radius 1 is 1.14 bits per heavy atom. The van der Waals surface area contributed by atoms with Gasteiger partial charge in [-0.25, -0.2) is 19.3 Å². The van der Waals surface area contributed by atoms with E-state index >= 15 is 0 Å². The lowest BCUT2D eigenvalue weighted by Gasteiger charge is -2.06. The van der Waals surface area contributed by atoms with Crippen molar-refractivity contribution in [3.63, 3.8) is 0 Å². The van der Waals surface area contributed by atoms with Gasteiger partial charge in [-0.3, -0.25) is 0 Å². The van der Waals surface area contributed by atoms with E-state index in [1.165, 1.54) is 29.6 Å². The van der Waals surface area contributed by atoms with Gasteiger partial charge in [0, 0.05) is 5.56 Å². The summed E-state index contributed by atoms with van der Waals surface area (Å²) in [6.07, 6.45) is 5.58. The van der Waals surface area contributed by atoms with Crippen LogP contribution in [0.25, 0.3) is 11.2 Å². The van der Waals surface area contributed by atoms with Crippen molar-refractivity contribution in [2.45, 2.75) is 16.7 Å². The Labute approximate surface area is 130 Å². The van der Waals surface area contributed by atoms with E-state index in [-0.39, 0.29) is 5.82 Å². The van der Waals surface area contributed by atoms with Crippen LogP contribution in [-0.2, 0) is 6.54 Å². The van der Waals surface area contributed by atoms with E-state index in [4.69, 9.17) is 0 Å². The molecular formula is C14H13FN4S2. The third-order valence-electron chi connectivity index (χ3n) is 3.09. The lowest BCUT2D eigenvalue weighted by atomic mass is 10.2. The molecule has 0 saturated heterocycles. The predicted octanol–water partition coefficient (Wildman–Crippen LogP) is 3.46. The quantitative estimate of drug-likeness (QED) is 0.418. The number of thioether (sulfide) groups is 2. The van der Waals surface area contributed by atoms with Crippen molar-refractivity contribution < 1.29 is 4.39 Å². The first-order chi connectivity index (χ1) is 10.2. The largest absolute Gasteiger partial charge is 0.311 e. The van der Waals surface area contributed by atoms with Crippen LogP contribution in [0, 0.1) is 5.82 Å². The van der Waals surface area contributed by atoms with Gasteiger partial charge in [-0.1, -0.05) is 30.0 Å². The van der Waals surface area contributed by atoms with Crippen molar-refractivity contribution in [1.82, 2.24) is 19.5 Å². The molecule has 0 aliphatic carbocycles. The zero-order chi connectivity index (χ0) is 14.8. The van der Waals surface area contributed by atoms with E-state index in [0.29, 0.717) is 17.3 Å². The summed E-state index contributed by atoms with van der Waals surface area (Å²) in [6.45, 7) is 0.405. The number of nitrogens with zero attached hydrogens (tertiary/aromatic N) is 4. The normalized spacial score (nSPS) is 11.2. The van der Waals surface area contributed by atoms with Crippen molar-refractivity contribution in [2.24, 2.45) is 0 Å². The molecule has 1 aromatic carbocycles. The number of benzene rings is 1. The topological polar surface area (TPSA) is 43.6 Å². The molecule has 7 heteroatoms. The van der Waals surface area contributed by atoms with Crippen molar-refractivity contribution in [2.75, 3.05) is 12.5 Å². The minimum atomic E-state index is -0.219. The van der Waals surface area contributed by atoms with Crippen LogP contribution in [-0.4, -0.2) is 32.0 Å². The molecule has 4 nitrogen and oxygen atoms in total. The van der Waals surface area contributed by atoms with Crippen LogP contribution in [0.4, 0.5) is 4.39 Å². The monoisotopic (exact) mass is 320 g/mol. The third-order valence-corrected chi connectivity index (χ3v) is 4.30. The third kappa shape index (κ3) is 2.75. The van der Waals surface area contributed by atoms with Gasteiger partial charge in [-0.05, 0) is 18.6 Å². The summed E-state index contributed by atoms with van der Waals surface area (Å²) in [6, 6.07) is 6.75. The molecule has 0 aliphatic rings. The molecule has 2 aromatic heterocycles. The Hall–Kier alpha value is -1.60. The molecule has 0 N–H and O–H groups in total. The maximum atomic E-state index is 13.8. The molecule has 0 fully saturated rings. The first kappa shape index (κ1) is 14.3. The van der Waals surface area contributed by atoms with E-state index in [2.05, 4.69) is 15.0 Å². The van der Waals surface area contributed by atoms with Gasteiger partial charge < -0.3 is 4.57 Å². The molecule has 108 valence electrons. The molecule has 21 heavy (non-hydrogen) atoms. The predicted molar refractivity (Wildman–Crippen MR) is 84.4 cm³/mol. The second-order valence-corrected chi connectivity index (χ2v) is 5.92. The number of imidazole rings is 1. The summed E-state index contributed by atoms with van der Waals surface area (Å²) in [5, 5.41) is 1.54. The van der Waals surface area contributed by atoms with Crippen molar-refractivity contribution >= 4 is 34.7 Å². The Morgan fingerprint density at radius 2 is 1.95 bits per heavy atom. The first-order valence-electron chi connectivity index (χ1n) is 6.27. The molecule has 0 unspecified atom stereocenters. The molecule has 0 aliphatic heterocycles. The average Bonchev–Trinajstić information content (AvgIpc) is 2.91. The van der Waals surface area contributed by atoms with E-state index in [1.807, 2.05) is 23.1 Å². The Kier molecular flexibility index (Phi) is 4.12. The van der Waals surface area contributed by atoms with Gasteiger partial charge in [0.2, 0.25) is 0 Å². The number of rotatable bonds is 4. The van der Waals surface area contributed by atoms with Gasteiger partial charge in [0.15, 0.2) is 10.8 Å². The molecule has 0 bridgehead atoms. The number of hydrogen-bond donors (Lipinski definition) is 0. The van der Waals surface area contributed by atoms with Gasteiger partial charge in [0.25, 0.3) is 0 Å². The number of halogens is 1. The van der Waals surface area contributed by atoms with Gasteiger partial charge in [-0.2, -0.15) is 0 Å². The molecule has 0 amide bonds. The van der Waals surface area contributed by atoms with Crippen LogP contribution in [0.3, 0.4) is 0 Å². The van der Waals surface area contributed by atoms with Crippen LogP contribution in [0.15, 0.2) is 40.8 Å². The van der Waals surface area contributed by atoms with E-state index in [1.54, 1.807) is 18.5 Å². The second kappa shape index (κ2) is 6.03. The number of aromatic nitrogens is 4. The minimum absolute atomic E-state index is 0.219. The zero-order valence-corrected chi connectivity index (χ0v) is 13.2. The molecule has 0 saturated carbocycles. The fourth-order valence-electron chi connectivity index (χ4n) is 2.06. The smallest absolute Gasteiger partial charge is 0.190 e. The SMILES string of the molecule is CSc1nc(SC)c2ncn(Cc3ccccc3F)c2n1. The number of fused-ring (bicyclic) bond motifs is 1. The van der Waals surface area contributed by atoms with Crippen LogP contribution in [0.1, 0.15) is 5.56 Å². The minimum Gasteiger partial charge on any atom is -0.311 e. The average molecular weight is 320 g/mol. The molecule has 0 spiro atoms. The Morgan fingerprint density at radius 3 is 2.67 bits per heavy atom.